The number of hydrogen-bond acceptors (Lipinski definition) is 3. The molecule has 0 aliphatic rings. The van der Waals surface area contributed by atoms with Crippen LogP contribution in [0.5, 0.6) is 0 Å². The number of fused-ring (bicyclic) bond motifs is 12. The molecular weight excluding hydrogens is 785 g/mol. The molecule has 292 valence electrons. The molecule has 0 amide bonds. The molecule has 14 rings (SSSR count). The largest absolute Gasteiger partial charge is 0.309 e. The number of aromatic nitrogens is 4. The first-order valence-electron chi connectivity index (χ1n) is 21.4. The number of rotatable bonds is 4. The van der Waals surface area contributed by atoms with Crippen LogP contribution in [0.1, 0.15) is 0 Å². The van der Waals surface area contributed by atoms with Crippen LogP contribution in [0.2, 0.25) is 0 Å². The summed E-state index contributed by atoms with van der Waals surface area (Å²) in [6.45, 7) is 0. The second-order valence-corrected chi connectivity index (χ2v) is 17.6. The first-order valence-corrected chi connectivity index (χ1v) is 22.2. The van der Waals surface area contributed by atoms with Gasteiger partial charge in [-0.1, -0.05) is 121 Å². The van der Waals surface area contributed by atoms with Crippen molar-refractivity contribution in [2.75, 3.05) is 0 Å². The molecule has 0 atom stereocenters. The van der Waals surface area contributed by atoms with Gasteiger partial charge < -0.3 is 9.13 Å². The van der Waals surface area contributed by atoms with Crippen LogP contribution >= 0.6 is 11.3 Å². The van der Waals surface area contributed by atoms with Crippen molar-refractivity contribution in [2.45, 2.75) is 0 Å². The summed E-state index contributed by atoms with van der Waals surface area (Å²) < 4.78 is 7.45. The molecule has 5 heteroatoms. The zero-order chi connectivity index (χ0) is 41.2. The van der Waals surface area contributed by atoms with E-state index in [0.29, 0.717) is 0 Å². The molecule has 0 fully saturated rings. The first-order chi connectivity index (χ1) is 31.2. The maximum Gasteiger partial charge on any atom is 0.160 e. The van der Waals surface area contributed by atoms with Gasteiger partial charge in [-0.05, 0) is 101 Å². The maximum atomic E-state index is 5.32. The molecule has 0 aliphatic heterocycles. The SMILES string of the molecule is c1ccc2cc3c(cc2c1)c1ccccc1n3-c1cccc2cc3c4ccccc4n(-c4ccc(-c5nc(-c6ccc7sc8ccccc8c7c6)nc6ccccc56)cc4)c3cc12. The lowest BCUT2D eigenvalue weighted by Gasteiger charge is -2.14. The predicted molar refractivity (Wildman–Crippen MR) is 267 cm³/mol. The molecule has 4 aromatic heterocycles. The van der Waals surface area contributed by atoms with E-state index in [-0.39, 0.29) is 0 Å². The van der Waals surface area contributed by atoms with E-state index in [1.54, 1.807) is 0 Å². The molecule has 0 spiro atoms. The molecule has 0 N–H and O–H groups in total. The number of para-hydroxylation sites is 3. The third kappa shape index (κ3) is 5.15. The summed E-state index contributed by atoms with van der Waals surface area (Å²) in [5, 5.41) is 13.4. The van der Waals surface area contributed by atoms with E-state index >= 15 is 0 Å². The molecule has 0 bridgehead atoms. The predicted octanol–water partition coefficient (Wildman–Crippen LogP) is 15.8. The Labute approximate surface area is 365 Å². The lowest BCUT2D eigenvalue weighted by Crippen LogP contribution is -1.98. The number of hydrogen-bond donors (Lipinski definition) is 0. The average molecular weight is 819 g/mol. The third-order valence-electron chi connectivity index (χ3n) is 13.1. The molecular formula is C58H34N4S. The highest BCUT2D eigenvalue weighted by molar-refractivity contribution is 7.25. The van der Waals surface area contributed by atoms with E-state index in [0.717, 1.165) is 39.2 Å². The maximum absolute atomic E-state index is 5.32. The summed E-state index contributed by atoms with van der Waals surface area (Å²) in [7, 11) is 0. The zero-order valence-electron chi connectivity index (χ0n) is 33.8. The molecule has 14 aromatic rings. The molecule has 4 heterocycles. The Kier molecular flexibility index (Phi) is 7.24. The summed E-state index contributed by atoms with van der Waals surface area (Å²) in [4.78, 5) is 10.4. The Morgan fingerprint density at radius 2 is 0.937 bits per heavy atom. The van der Waals surface area contributed by atoms with Gasteiger partial charge in [-0.2, -0.15) is 0 Å². The van der Waals surface area contributed by atoms with Gasteiger partial charge in [-0.3, -0.25) is 0 Å². The van der Waals surface area contributed by atoms with Crippen LogP contribution in [-0.4, -0.2) is 19.1 Å². The highest BCUT2D eigenvalue weighted by Gasteiger charge is 2.19. The van der Waals surface area contributed by atoms with Gasteiger partial charge in [0.1, 0.15) is 0 Å². The van der Waals surface area contributed by atoms with Crippen molar-refractivity contribution in [3.8, 4) is 34.0 Å². The fraction of sp³-hybridized carbons (Fsp3) is 0. The molecule has 0 radical (unpaired) electrons. The van der Waals surface area contributed by atoms with Gasteiger partial charge in [0.15, 0.2) is 5.82 Å². The summed E-state index contributed by atoms with van der Waals surface area (Å²) in [6.07, 6.45) is 0. The minimum Gasteiger partial charge on any atom is -0.309 e. The Morgan fingerprint density at radius 3 is 1.75 bits per heavy atom. The Hall–Kier alpha value is -8.12. The summed E-state index contributed by atoms with van der Waals surface area (Å²) in [6, 6.07) is 75.0. The first kappa shape index (κ1) is 34.6. The Morgan fingerprint density at radius 1 is 0.333 bits per heavy atom. The monoisotopic (exact) mass is 818 g/mol. The smallest absolute Gasteiger partial charge is 0.160 e. The van der Waals surface area contributed by atoms with Crippen molar-refractivity contribution in [1.29, 1.82) is 0 Å². The van der Waals surface area contributed by atoms with Gasteiger partial charge >= 0.3 is 0 Å². The van der Waals surface area contributed by atoms with Crippen molar-refractivity contribution in [3.05, 3.63) is 206 Å². The van der Waals surface area contributed by atoms with Crippen molar-refractivity contribution in [3.63, 3.8) is 0 Å². The molecule has 0 aliphatic carbocycles. The van der Waals surface area contributed by atoms with E-state index in [1.807, 2.05) is 11.3 Å². The highest BCUT2D eigenvalue weighted by atomic mass is 32.1. The third-order valence-corrected chi connectivity index (χ3v) is 14.2. The normalized spacial score (nSPS) is 12.1. The van der Waals surface area contributed by atoms with E-state index < -0.39 is 0 Å². The van der Waals surface area contributed by atoms with Crippen LogP contribution in [0.15, 0.2) is 206 Å². The van der Waals surface area contributed by atoms with Gasteiger partial charge in [-0.15, -0.1) is 11.3 Å². The quantitative estimate of drug-likeness (QED) is 0.177. The standard InChI is InChI=1S/C58H34N4S/c1-2-13-37-33-53-46(30-36(37)12-1)42-16-5-9-21-51(42)62(53)52-22-11-14-38-31-47-41-15-4-8-20-50(41)61(54(47)34-45(38)52)40-27-24-35(25-28-40)57-44-18-3-7-19-49(44)59-58(60-57)39-26-29-56-48(32-39)43-17-6-10-23-55(43)63-56/h1-34H. The minimum absolute atomic E-state index is 0.728. The molecule has 0 saturated carbocycles. The van der Waals surface area contributed by atoms with Gasteiger partial charge in [0, 0.05) is 69.3 Å². The number of nitrogens with zero attached hydrogens (tertiary/aromatic N) is 4. The molecule has 0 unspecified atom stereocenters. The van der Waals surface area contributed by atoms with Crippen LogP contribution in [0.4, 0.5) is 0 Å². The number of thiophene rings is 1. The van der Waals surface area contributed by atoms with Crippen molar-refractivity contribution >= 4 is 108 Å². The Balaban J connectivity index is 0.947. The fourth-order valence-corrected chi connectivity index (χ4v) is 11.3. The van der Waals surface area contributed by atoms with Gasteiger partial charge in [0.2, 0.25) is 0 Å². The van der Waals surface area contributed by atoms with Gasteiger partial charge in [0.25, 0.3) is 0 Å². The summed E-state index contributed by atoms with van der Waals surface area (Å²) in [5.74, 6) is 0.728. The second kappa shape index (κ2) is 13.2. The van der Waals surface area contributed by atoms with E-state index in [9.17, 15) is 0 Å². The zero-order valence-corrected chi connectivity index (χ0v) is 34.6. The molecule has 4 nitrogen and oxygen atoms in total. The topological polar surface area (TPSA) is 35.6 Å². The lowest BCUT2D eigenvalue weighted by atomic mass is 10.0. The van der Waals surface area contributed by atoms with Crippen LogP contribution in [0, 0.1) is 0 Å². The Bertz CT molecular complexity index is 4210. The van der Waals surface area contributed by atoms with E-state index in [2.05, 4.69) is 215 Å². The van der Waals surface area contributed by atoms with E-state index in [1.165, 1.54) is 91.0 Å². The van der Waals surface area contributed by atoms with Crippen molar-refractivity contribution in [1.82, 2.24) is 19.1 Å². The highest BCUT2D eigenvalue weighted by Crippen LogP contribution is 2.41. The van der Waals surface area contributed by atoms with Crippen LogP contribution in [0.3, 0.4) is 0 Å². The van der Waals surface area contributed by atoms with E-state index in [4.69, 9.17) is 9.97 Å². The molecule has 0 saturated heterocycles. The van der Waals surface area contributed by atoms with Crippen molar-refractivity contribution in [2.24, 2.45) is 0 Å². The average Bonchev–Trinajstić information content (AvgIpc) is 3.99. The molecule has 10 aromatic carbocycles. The van der Waals surface area contributed by atoms with Crippen LogP contribution in [-0.2, 0) is 0 Å². The van der Waals surface area contributed by atoms with Crippen LogP contribution < -0.4 is 0 Å². The van der Waals surface area contributed by atoms with Gasteiger partial charge in [-0.25, -0.2) is 9.97 Å². The second-order valence-electron chi connectivity index (χ2n) is 16.6. The lowest BCUT2D eigenvalue weighted by molar-refractivity contribution is 1.18. The van der Waals surface area contributed by atoms with Crippen LogP contribution in [0.25, 0.3) is 130 Å². The summed E-state index contributed by atoms with van der Waals surface area (Å²) >= 11 is 1.83. The summed E-state index contributed by atoms with van der Waals surface area (Å²) in [5.41, 5.74) is 10.9. The molecule has 63 heavy (non-hydrogen) atoms. The minimum atomic E-state index is 0.728. The number of benzene rings is 10. The fourth-order valence-electron chi connectivity index (χ4n) is 10.2. The van der Waals surface area contributed by atoms with Gasteiger partial charge in [0.05, 0.1) is 39.0 Å². The van der Waals surface area contributed by atoms with Crippen molar-refractivity contribution < 1.29 is 0 Å².